The van der Waals surface area contributed by atoms with E-state index in [2.05, 4.69) is 68.5 Å². The van der Waals surface area contributed by atoms with Gasteiger partial charge in [-0.15, -0.1) is 0 Å². The number of rotatable bonds is 6. The smallest absolute Gasteiger partial charge is 0.224 e. The van der Waals surface area contributed by atoms with Crippen molar-refractivity contribution in [3.63, 3.8) is 0 Å². The Morgan fingerprint density at radius 3 is 2.38 bits per heavy atom. The summed E-state index contributed by atoms with van der Waals surface area (Å²) in [6, 6.07) is 12.5. The first-order valence-electron chi connectivity index (χ1n) is 8.89. The molecule has 26 heavy (non-hydrogen) atoms. The highest BCUT2D eigenvalue weighted by Crippen LogP contribution is 2.25. The molecule has 0 unspecified atom stereocenters. The lowest BCUT2D eigenvalue weighted by Gasteiger charge is -2.10. The summed E-state index contributed by atoms with van der Waals surface area (Å²) >= 11 is 0. The summed E-state index contributed by atoms with van der Waals surface area (Å²) in [5, 5.41) is 4.02. The predicted molar refractivity (Wildman–Crippen MR) is 105 cm³/mol. The van der Waals surface area contributed by atoms with Gasteiger partial charge in [-0.1, -0.05) is 24.3 Å². The molecule has 0 fully saturated rings. The van der Waals surface area contributed by atoms with Crippen molar-refractivity contribution in [1.82, 2.24) is 10.2 Å². The van der Waals surface area contributed by atoms with Gasteiger partial charge in [-0.2, -0.15) is 0 Å². The van der Waals surface area contributed by atoms with Crippen molar-refractivity contribution in [2.45, 2.75) is 33.4 Å². The van der Waals surface area contributed by atoms with Crippen molar-refractivity contribution in [2.24, 2.45) is 0 Å². The summed E-state index contributed by atoms with van der Waals surface area (Å²) in [6.07, 6.45) is 2.02. The van der Waals surface area contributed by atoms with Crippen LogP contribution in [0.3, 0.4) is 0 Å². The number of hydrogen-bond donors (Lipinski definition) is 1. The van der Waals surface area contributed by atoms with E-state index in [4.69, 9.17) is 4.42 Å². The van der Waals surface area contributed by atoms with Crippen molar-refractivity contribution in [3.05, 3.63) is 70.5 Å². The van der Waals surface area contributed by atoms with Crippen LogP contribution in [0, 0.1) is 13.8 Å². The molecular formula is C22H26N2O2. The first-order valence-corrected chi connectivity index (χ1v) is 8.89. The van der Waals surface area contributed by atoms with E-state index in [0.717, 1.165) is 28.6 Å². The number of furan rings is 1. The average molecular weight is 350 g/mol. The molecule has 0 radical (unpaired) electrons. The quantitative estimate of drug-likeness (QED) is 0.732. The van der Waals surface area contributed by atoms with Crippen molar-refractivity contribution < 1.29 is 9.21 Å². The zero-order valence-corrected chi connectivity index (χ0v) is 15.9. The maximum absolute atomic E-state index is 12.3. The molecule has 0 spiro atoms. The van der Waals surface area contributed by atoms with Gasteiger partial charge in [0, 0.05) is 24.0 Å². The lowest BCUT2D eigenvalue weighted by molar-refractivity contribution is -0.120. The first kappa shape index (κ1) is 18.2. The van der Waals surface area contributed by atoms with E-state index in [0.29, 0.717) is 13.0 Å². The highest BCUT2D eigenvalue weighted by molar-refractivity contribution is 5.88. The SMILES string of the molecule is Cc1cc2occ(CC(=O)NCc3ccc(CN(C)C)cc3)c2cc1C. The van der Waals surface area contributed by atoms with E-state index >= 15 is 0 Å². The summed E-state index contributed by atoms with van der Waals surface area (Å²) < 4.78 is 5.61. The fourth-order valence-electron chi connectivity index (χ4n) is 3.04. The minimum Gasteiger partial charge on any atom is -0.464 e. The number of hydrogen-bond acceptors (Lipinski definition) is 3. The molecule has 0 aliphatic carbocycles. The van der Waals surface area contributed by atoms with Gasteiger partial charge in [-0.3, -0.25) is 4.79 Å². The number of benzene rings is 2. The summed E-state index contributed by atoms with van der Waals surface area (Å²) in [7, 11) is 4.10. The minimum absolute atomic E-state index is 0.00305. The summed E-state index contributed by atoms with van der Waals surface area (Å²) in [5.41, 5.74) is 6.54. The van der Waals surface area contributed by atoms with Gasteiger partial charge >= 0.3 is 0 Å². The maximum Gasteiger partial charge on any atom is 0.224 e. The molecular weight excluding hydrogens is 324 g/mol. The van der Waals surface area contributed by atoms with Crippen LogP contribution in [0.1, 0.15) is 27.8 Å². The van der Waals surface area contributed by atoms with Crippen LogP contribution in [0.4, 0.5) is 0 Å². The minimum atomic E-state index is 0.00305. The molecule has 1 amide bonds. The summed E-state index contributed by atoms with van der Waals surface area (Å²) in [6.45, 7) is 5.59. The molecule has 0 aliphatic rings. The molecule has 0 aliphatic heterocycles. The van der Waals surface area contributed by atoms with Crippen LogP contribution < -0.4 is 5.32 Å². The fraction of sp³-hybridized carbons (Fsp3) is 0.318. The highest BCUT2D eigenvalue weighted by atomic mass is 16.3. The third kappa shape index (κ3) is 4.33. The summed E-state index contributed by atoms with van der Waals surface area (Å²) in [5.74, 6) is 0.00305. The van der Waals surface area contributed by atoms with Crippen molar-refractivity contribution >= 4 is 16.9 Å². The second-order valence-electron chi connectivity index (χ2n) is 7.20. The Bertz CT molecular complexity index is 908. The molecule has 4 heteroatoms. The molecule has 0 bridgehead atoms. The molecule has 4 nitrogen and oxygen atoms in total. The monoisotopic (exact) mass is 350 g/mol. The van der Waals surface area contributed by atoms with Gasteiger partial charge in [0.25, 0.3) is 0 Å². The molecule has 3 aromatic rings. The van der Waals surface area contributed by atoms with E-state index in [1.54, 1.807) is 6.26 Å². The maximum atomic E-state index is 12.3. The van der Waals surface area contributed by atoms with Gasteiger partial charge in [0.2, 0.25) is 5.91 Å². The van der Waals surface area contributed by atoms with Gasteiger partial charge in [0.05, 0.1) is 12.7 Å². The van der Waals surface area contributed by atoms with Crippen LogP contribution in [-0.2, 0) is 24.3 Å². The zero-order valence-electron chi connectivity index (χ0n) is 15.9. The van der Waals surface area contributed by atoms with Crippen LogP contribution in [-0.4, -0.2) is 24.9 Å². The van der Waals surface area contributed by atoms with Crippen molar-refractivity contribution in [3.8, 4) is 0 Å². The molecule has 1 N–H and O–H groups in total. The van der Waals surface area contributed by atoms with E-state index in [9.17, 15) is 4.79 Å². The first-order chi connectivity index (χ1) is 12.4. The number of carbonyl (C=O) groups is 1. The van der Waals surface area contributed by atoms with E-state index in [-0.39, 0.29) is 5.91 Å². The van der Waals surface area contributed by atoms with Gasteiger partial charge in [-0.05, 0) is 62.3 Å². The van der Waals surface area contributed by atoms with Crippen LogP contribution in [0.5, 0.6) is 0 Å². The Morgan fingerprint density at radius 1 is 1.04 bits per heavy atom. The number of nitrogens with zero attached hydrogens (tertiary/aromatic N) is 1. The van der Waals surface area contributed by atoms with E-state index in [1.165, 1.54) is 16.7 Å². The van der Waals surface area contributed by atoms with Gasteiger partial charge < -0.3 is 14.6 Å². The van der Waals surface area contributed by atoms with Crippen molar-refractivity contribution in [2.75, 3.05) is 14.1 Å². The predicted octanol–water partition coefficient (Wildman–Crippen LogP) is 3.97. The Morgan fingerprint density at radius 2 is 1.69 bits per heavy atom. The van der Waals surface area contributed by atoms with Gasteiger partial charge in [-0.25, -0.2) is 0 Å². The molecule has 136 valence electrons. The number of nitrogens with one attached hydrogen (secondary N) is 1. The average Bonchev–Trinajstić information content (AvgIpc) is 2.96. The molecule has 2 aromatic carbocycles. The van der Waals surface area contributed by atoms with Crippen molar-refractivity contribution in [1.29, 1.82) is 0 Å². The fourth-order valence-corrected chi connectivity index (χ4v) is 3.04. The molecule has 1 heterocycles. The van der Waals surface area contributed by atoms with Crippen LogP contribution in [0.25, 0.3) is 11.0 Å². The van der Waals surface area contributed by atoms with E-state index < -0.39 is 0 Å². The van der Waals surface area contributed by atoms with Gasteiger partial charge in [0.1, 0.15) is 5.58 Å². The van der Waals surface area contributed by atoms with Gasteiger partial charge in [0.15, 0.2) is 0 Å². The lowest BCUT2D eigenvalue weighted by Crippen LogP contribution is -2.24. The lowest BCUT2D eigenvalue weighted by atomic mass is 10.0. The number of aryl methyl sites for hydroxylation is 2. The third-order valence-electron chi connectivity index (χ3n) is 4.63. The Kier molecular flexibility index (Phi) is 5.43. The Balaban J connectivity index is 1.60. The van der Waals surface area contributed by atoms with Crippen LogP contribution in [0.2, 0.25) is 0 Å². The van der Waals surface area contributed by atoms with Crippen LogP contribution in [0.15, 0.2) is 47.1 Å². The summed E-state index contributed by atoms with van der Waals surface area (Å²) in [4.78, 5) is 14.5. The topological polar surface area (TPSA) is 45.5 Å². The largest absolute Gasteiger partial charge is 0.464 e. The second kappa shape index (κ2) is 7.75. The van der Waals surface area contributed by atoms with Crippen LogP contribution >= 0.6 is 0 Å². The zero-order chi connectivity index (χ0) is 18.7. The molecule has 1 aromatic heterocycles. The standard InChI is InChI=1S/C22H26N2O2/c1-15-9-20-19(14-26-21(20)10-16(15)2)11-22(25)23-12-17-5-7-18(8-6-17)13-24(3)4/h5-10,14H,11-13H2,1-4H3,(H,23,25). The highest BCUT2D eigenvalue weighted by Gasteiger charge is 2.11. The normalized spacial score (nSPS) is 11.3. The number of fused-ring (bicyclic) bond motifs is 1. The molecule has 0 saturated carbocycles. The Labute approximate surface area is 154 Å². The third-order valence-corrected chi connectivity index (χ3v) is 4.63. The molecule has 0 atom stereocenters. The number of amides is 1. The van der Waals surface area contributed by atoms with E-state index in [1.807, 2.05) is 6.07 Å². The second-order valence-corrected chi connectivity index (χ2v) is 7.20. The number of carbonyl (C=O) groups excluding carboxylic acids is 1. The molecule has 0 saturated heterocycles. The Hall–Kier alpha value is -2.59. The molecule has 3 rings (SSSR count).